The fraction of sp³-hybridized carbons (Fsp3) is 0.160. The summed E-state index contributed by atoms with van der Waals surface area (Å²) in [4.78, 5) is 15.2. The Morgan fingerprint density at radius 3 is 2.35 bits per heavy atom. The normalized spacial score (nSPS) is 13.4. The van der Waals surface area contributed by atoms with E-state index in [4.69, 9.17) is 0 Å². The van der Waals surface area contributed by atoms with Gasteiger partial charge >= 0.3 is 0 Å². The maximum absolute atomic E-state index is 13.2. The number of hydrogen-bond donors (Lipinski definition) is 0. The largest absolute Gasteiger partial charge is 0.308 e. The predicted molar refractivity (Wildman–Crippen MR) is 124 cm³/mol. The molecule has 0 saturated heterocycles. The first-order valence-corrected chi connectivity index (χ1v) is 11.6. The lowest BCUT2D eigenvalue weighted by Crippen LogP contribution is -2.35. The molecule has 0 bridgehead atoms. The van der Waals surface area contributed by atoms with E-state index in [1.54, 1.807) is 65.6 Å². The first kappa shape index (κ1) is 20.9. The Morgan fingerprint density at radius 2 is 1.65 bits per heavy atom. The fourth-order valence-corrected chi connectivity index (χ4v) is 5.31. The van der Waals surface area contributed by atoms with E-state index in [-0.39, 0.29) is 17.3 Å². The number of fused-ring (bicyclic) bond motifs is 1. The number of anilines is 2. The molecule has 1 aliphatic heterocycles. The van der Waals surface area contributed by atoms with Crippen molar-refractivity contribution in [1.82, 2.24) is 0 Å². The van der Waals surface area contributed by atoms with Gasteiger partial charge in [0.25, 0.3) is 15.9 Å². The second-order valence-electron chi connectivity index (χ2n) is 7.37. The third-order valence-electron chi connectivity index (χ3n) is 5.38. The van der Waals surface area contributed by atoms with Crippen molar-refractivity contribution in [2.75, 3.05) is 22.3 Å². The average Bonchev–Trinajstić information content (AvgIpc) is 2.82. The quantitative estimate of drug-likeness (QED) is 0.532. The van der Waals surface area contributed by atoms with Crippen LogP contribution in [0.15, 0.2) is 96.4 Å². The van der Waals surface area contributed by atoms with Crippen LogP contribution in [0.4, 0.5) is 11.4 Å². The molecule has 4 rings (SSSR count). The molecule has 1 amide bonds. The molecular weight excluding hydrogens is 408 g/mol. The van der Waals surface area contributed by atoms with Crippen LogP contribution in [-0.2, 0) is 16.4 Å². The van der Waals surface area contributed by atoms with E-state index in [1.165, 1.54) is 9.87 Å². The topological polar surface area (TPSA) is 57.7 Å². The summed E-state index contributed by atoms with van der Waals surface area (Å²) < 4.78 is 27.5. The van der Waals surface area contributed by atoms with Crippen molar-refractivity contribution in [3.63, 3.8) is 0 Å². The summed E-state index contributed by atoms with van der Waals surface area (Å²) in [7, 11) is -3.74. The van der Waals surface area contributed by atoms with Crippen molar-refractivity contribution < 1.29 is 13.2 Å². The van der Waals surface area contributed by atoms with Crippen molar-refractivity contribution in [3.05, 3.63) is 103 Å². The molecule has 0 fully saturated rings. The predicted octanol–water partition coefficient (Wildman–Crippen LogP) is 4.66. The number of aryl methyl sites for hydroxylation is 1. The zero-order chi connectivity index (χ0) is 21.8. The molecule has 5 nitrogen and oxygen atoms in total. The highest BCUT2D eigenvalue weighted by Crippen LogP contribution is 2.29. The summed E-state index contributed by atoms with van der Waals surface area (Å²) in [5, 5.41) is 0. The van der Waals surface area contributed by atoms with Crippen LogP contribution in [0.3, 0.4) is 0 Å². The second kappa shape index (κ2) is 8.78. The Morgan fingerprint density at radius 1 is 0.968 bits per heavy atom. The number of para-hydroxylation sites is 1. The Balaban J connectivity index is 1.63. The van der Waals surface area contributed by atoms with Crippen molar-refractivity contribution in [3.8, 4) is 0 Å². The summed E-state index contributed by atoms with van der Waals surface area (Å²) in [6, 6.07) is 23.0. The molecule has 0 spiro atoms. The lowest BCUT2D eigenvalue weighted by atomic mass is 10.0. The molecule has 1 heterocycles. The Labute approximate surface area is 183 Å². The van der Waals surface area contributed by atoms with Crippen LogP contribution in [0.5, 0.6) is 0 Å². The number of rotatable bonds is 6. The Bertz CT molecular complexity index is 1190. The van der Waals surface area contributed by atoms with Gasteiger partial charge in [-0.15, -0.1) is 6.58 Å². The van der Waals surface area contributed by atoms with Crippen molar-refractivity contribution in [2.45, 2.75) is 17.7 Å². The van der Waals surface area contributed by atoms with E-state index >= 15 is 0 Å². The minimum Gasteiger partial charge on any atom is -0.308 e. The van der Waals surface area contributed by atoms with Gasteiger partial charge in [-0.25, -0.2) is 8.42 Å². The summed E-state index contributed by atoms with van der Waals surface area (Å²) in [5.74, 6) is -0.0834. The SMILES string of the molecule is C=CCN(c1ccc(C(=O)N2CCCc3ccccc32)cc1)S(=O)(=O)c1ccccc1. The lowest BCUT2D eigenvalue weighted by Gasteiger charge is -2.29. The standard InChI is InChI=1S/C25H24N2O3S/c1-2-18-27(31(29,30)23-11-4-3-5-12-23)22-16-14-21(15-17-22)25(28)26-19-8-10-20-9-6-7-13-24(20)26/h2-7,9,11-17H,1,8,10,18-19H2. The number of amides is 1. The smallest absolute Gasteiger partial charge is 0.264 e. The van der Waals surface area contributed by atoms with E-state index in [0.29, 0.717) is 17.8 Å². The molecule has 3 aromatic carbocycles. The van der Waals surface area contributed by atoms with Gasteiger partial charge in [0.2, 0.25) is 0 Å². The van der Waals surface area contributed by atoms with Gasteiger partial charge in [0.05, 0.1) is 17.1 Å². The summed E-state index contributed by atoms with van der Waals surface area (Å²) in [6.45, 7) is 4.49. The average molecular weight is 433 g/mol. The second-order valence-corrected chi connectivity index (χ2v) is 9.24. The van der Waals surface area contributed by atoms with Crippen molar-refractivity contribution in [2.24, 2.45) is 0 Å². The van der Waals surface area contributed by atoms with Crippen LogP contribution in [0.2, 0.25) is 0 Å². The van der Waals surface area contributed by atoms with Crippen molar-refractivity contribution >= 4 is 27.3 Å². The molecule has 0 N–H and O–H groups in total. The van der Waals surface area contributed by atoms with Gasteiger partial charge in [-0.05, 0) is 60.9 Å². The monoisotopic (exact) mass is 432 g/mol. The minimum absolute atomic E-state index is 0.0834. The van der Waals surface area contributed by atoms with Gasteiger partial charge in [0.1, 0.15) is 0 Å². The summed E-state index contributed by atoms with van der Waals surface area (Å²) >= 11 is 0. The molecule has 1 aliphatic rings. The van der Waals surface area contributed by atoms with E-state index in [0.717, 1.165) is 18.5 Å². The van der Waals surface area contributed by atoms with Gasteiger partial charge in [-0.2, -0.15) is 0 Å². The fourth-order valence-electron chi connectivity index (χ4n) is 3.85. The molecular formula is C25H24N2O3S. The van der Waals surface area contributed by atoms with Crippen molar-refractivity contribution in [1.29, 1.82) is 0 Å². The van der Waals surface area contributed by atoms with Crippen LogP contribution in [0.25, 0.3) is 0 Å². The molecule has 0 saturated carbocycles. The maximum atomic E-state index is 13.2. The van der Waals surface area contributed by atoms with Crippen LogP contribution < -0.4 is 9.21 Å². The van der Waals surface area contributed by atoms with E-state index in [9.17, 15) is 13.2 Å². The van der Waals surface area contributed by atoms with Crippen LogP contribution in [0.1, 0.15) is 22.3 Å². The van der Waals surface area contributed by atoms with Gasteiger partial charge < -0.3 is 4.90 Å². The number of carbonyl (C=O) groups excluding carboxylic acids is 1. The molecule has 6 heteroatoms. The third kappa shape index (κ3) is 4.11. The molecule has 31 heavy (non-hydrogen) atoms. The highest BCUT2D eigenvalue weighted by Gasteiger charge is 2.26. The molecule has 158 valence electrons. The zero-order valence-corrected chi connectivity index (χ0v) is 18.0. The van der Waals surface area contributed by atoms with E-state index in [2.05, 4.69) is 12.6 Å². The Hall–Kier alpha value is -3.38. The minimum atomic E-state index is -3.74. The number of benzene rings is 3. The Kier molecular flexibility index (Phi) is 5.91. The van der Waals surface area contributed by atoms with Gasteiger partial charge in [-0.1, -0.05) is 42.5 Å². The zero-order valence-electron chi connectivity index (χ0n) is 17.1. The summed E-state index contributed by atoms with van der Waals surface area (Å²) in [5.41, 5.74) is 3.13. The van der Waals surface area contributed by atoms with E-state index < -0.39 is 10.0 Å². The highest BCUT2D eigenvalue weighted by molar-refractivity contribution is 7.92. The van der Waals surface area contributed by atoms with Gasteiger partial charge in [0, 0.05) is 17.8 Å². The summed E-state index contributed by atoms with van der Waals surface area (Å²) in [6.07, 6.45) is 3.43. The molecule has 3 aromatic rings. The van der Waals surface area contributed by atoms with Crippen LogP contribution >= 0.6 is 0 Å². The number of carbonyl (C=O) groups is 1. The third-order valence-corrected chi connectivity index (χ3v) is 7.19. The molecule has 0 radical (unpaired) electrons. The highest BCUT2D eigenvalue weighted by atomic mass is 32.2. The lowest BCUT2D eigenvalue weighted by molar-refractivity contribution is 0.0985. The molecule has 0 atom stereocenters. The first-order valence-electron chi connectivity index (χ1n) is 10.2. The van der Waals surface area contributed by atoms with Crippen LogP contribution in [0, 0.1) is 0 Å². The van der Waals surface area contributed by atoms with E-state index in [1.807, 2.05) is 18.2 Å². The number of hydrogen-bond acceptors (Lipinski definition) is 3. The molecule has 0 unspecified atom stereocenters. The first-order chi connectivity index (χ1) is 15.0. The number of sulfonamides is 1. The molecule has 0 aromatic heterocycles. The molecule has 0 aliphatic carbocycles. The number of nitrogens with zero attached hydrogens (tertiary/aromatic N) is 2. The maximum Gasteiger partial charge on any atom is 0.264 e. The van der Waals surface area contributed by atoms with Gasteiger partial charge in [-0.3, -0.25) is 9.10 Å². The van der Waals surface area contributed by atoms with Crippen LogP contribution in [-0.4, -0.2) is 27.4 Å². The van der Waals surface area contributed by atoms with Gasteiger partial charge in [0.15, 0.2) is 0 Å².